The van der Waals surface area contributed by atoms with E-state index in [1.165, 1.54) is 11.1 Å². The lowest BCUT2D eigenvalue weighted by molar-refractivity contribution is 0.296. The molecule has 1 aliphatic heterocycles. The van der Waals surface area contributed by atoms with Crippen LogP contribution in [0.5, 0.6) is 5.75 Å². The summed E-state index contributed by atoms with van der Waals surface area (Å²) in [6.45, 7) is 2.02. The van der Waals surface area contributed by atoms with Gasteiger partial charge in [0.05, 0.1) is 16.9 Å². The fourth-order valence-electron chi connectivity index (χ4n) is 4.55. The Morgan fingerprint density at radius 3 is 2.83 bits per heavy atom. The van der Waals surface area contributed by atoms with Crippen LogP contribution in [0.3, 0.4) is 0 Å². The number of nitrogens with one attached hydrogen (secondary N) is 1. The smallest absolute Gasteiger partial charge is 0.211 e. The Bertz CT molecular complexity index is 1550. The first kappa shape index (κ1) is 22.2. The van der Waals surface area contributed by atoms with Gasteiger partial charge in [-0.3, -0.25) is 0 Å². The number of ether oxygens (including phenoxy) is 1. The monoisotopic (exact) mass is 494 g/mol. The van der Waals surface area contributed by atoms with Gasteiger partial charge in [-0.25, -0.2) is 4.98 Å². The molecule has 3 heterocycles. The van der Waals surface area contributed by atoms with Gasteiger partial charge in [-0.05, 0) is 59.5 Å². The zero-order valence-corrected chi connectivity index (χ0v) is 20.2. The van der Waals surface area contributed by atoms with Crippen molar-refractivity contribution in [2.24, 2.45) is 0 Å². The molecule has 0 atom stereocenters. The highest BCUT2D eigenvalue weighted by Gasteiger charge is 2.23. The third-order valence-corrected chi connectivity index (χ3v) is 6.48. The van der Waals surface area contributed by atoms with Gasteiger partial charge >= 0.3 is 0 Å². The molecule has 0 spiro atoms. The lowest BCUT2D eigenvalue weighted by Gasteiger charge is -2.22. The number of hydrogen-bond donors (Lipinski definition) is 1. The number of hydrogen-bond acceptors (Lipinski definition) is 6. The van der Waals surface area contributed by atoms with Gasteiger partial charge in [-0.15, -0.1) is 10.2 Å². The number of fused-ring (bicyclic) bond motifs is 2. The van der Waals surface area contributed by atoms with Crippen molar-refractivity contribution in [2.75, 3.05) is 11.4 Å². The van der Waals surface area contributed by atoms with Crippen molar-refractivity contribution in [2.45, 2.75) is 19.6 Å². The molecule has 0 aliphatic carbocycles. The summed E-state index contributed by atoms with van der Waals surface area (Å²) in [5.74, 6) is 1.37. The molecule has 8 heteroatoms. The number of aromatic amines is 1. The van der Waals surface area contributed by atoms with Gasteiger partial charge in [0.2, 0.25) is 5.82 Å². The molecule has 7 nitrogen and oxygen atoms in total. The minimum absolute atomic E-state index is 0.274. The summed E-state index contributed by atoms with van der Waals surface area (Å²) >= 11 is 6.13. The van der Waals surface area contributed by atoms with Gasteiger partial charge in [-0.2, -0.15) is 5.21 Å². The molecule has 0 saturated heterocycles. The summed E-state index contributed by atoms with van der Waals surface area (Å²) < 4.78 is 6.06. The van der Waals surface area contributed by atoms with Crippen molar-refractivity contribution in [3.05, 3.63) is 106 Å². The largest absolute Gasteiger partial charge is 0.483 e. The molecule has 0 radical (unpaired) electrons. The Balaban J connectivity index is 1.19. The van der Waals surface area contributed by atoms with Gasteiger partial charge < -0.3 is 9.64 Å². The minimum atomic E-state index is 0.274. The Hall–Kier alpha value is -4.23. The quantitative estimate of drug-likeness (QED) is 0.312. The van der Waals surface area contributed by atoms with Crippen LogP contribution in [0.1, 0.15) is 28.2 Å². The van der Waals surface area contributed by atoms with Crippen LogP contribution in [0.15, 0.2) is 72.8 Å². The van der Waals surface area contributed by atoms with Crippen molar-refractivity contribution in [3.63, 3.8) is 0 Å². The first-order valence-electron chi connectivity index (χ1n) is 11.8. The summed E-state index contributed by atoms with van der Waals surface area (Å²) in [6, 6.07) is 24.6. The molecule has 0 amide bonds. The summed E-state index contributed by atoms with van der Waals surface area (Å²) in [7, 11) is 0. The van der Waals surface area contributed by atoms with Crippen LogP contribution in [0.25, 0.3) is 23.1 Å². The number of para-hydroxylation sites is 1. The number of benzene rings is 3. The first-order chi connectivity index (χ1) is 17.7. The summed E-state index contributed by atoms with van der Waals surface area (Å²) in [6.07, 6.45) is 5.13. The van der Waals surface area contributed by atoms with E-state index >= 15 is 0 Å². The van der Waals surface area contributed by atoms with Crippen LogP contribution in [0, 0.1) is 0 Å². The average molecular weight is 495 g/mol. The van der Waals surface area contributed by atoms with Crippen molar-refractivity contribution >= 4 is 40.3 Å². The van der Waals surface area contributed by atoms with Crippen molar-refractivity contribution in [1.82, 2.24) is 25.6 Å². The highest BCUT2D eigenvalue weighted by molar-refractivity contribution is 6.31. The summed E-state index contributed by atoms with van der Waals surface area (Å²) in [5.41, 5.74) is 6.58. The molecule has 178 valence electrons. The van der Waals surface area contributed by atoms with Crippen LogP contribution in [0.4, 0.5) is 5.69 Å². The third-order valence-electron chi connectivity index (χ3n) is 6.24. The molecule has 5 aromatic rings. The van der Waals surface area contributed by atoms with Crippen LogP contribution < -0.4 is 9.64 Å². The molecule has 3 aromatic carbocycles. The molecule has 0 unspecified atom stereocenters. The number of halogens is 1. The van der Waals surface area contributed by atoms with Gasteiger partial charge in [0.1, 0.15) is 5.75 Å². The van der Waals surface area contributed by atoms with Crippen molar-refractivity contribution in [3.8, 4) is 5.75 Å². The molecule has 36 heavy (non-hydrogen) atoms. The summed E-state index contributed by atoms with van der Waals surface area (Å²) in [4.78, 5) is 7.09. The fraction of sp³-hybridized carbons (Fsp3) is 0.143. The van der Waals surface area contributed by atoms with E-state index in [0.717, 1.165) is 53.1 Å². The van der Waals surface area contributed by atoms with E-state index < -0.39 is 0 Å². The third kappa shape index (κ3) is 4.78. The van der Waals surface area contributed by atoms with Crippen LogP contribution >= 0.6 is 11.6 Å². The maximum atomic E-state index is 6.13. The fourth-order valence-corrected chi connectivity index (χ4v) is 4.72. The number of pyridine rings is 1. The normalized spacial score (nSPS) is 13.0. The van der Waals surface area contributed by atoms with Crippen molar-refractivity contribution in [1.29, 1.82) is 0 Å². The Kier molecular flexibility index (Phi) is 6.05. The molecular formula is C28H23ClN6O. The van der Waals surface area contributed by atoms with E-state index in [2.05, 4.69) is 68.0 Å². The molecule has 1 aliphatic rings. The second kappa shape index (κ2) is 9.79. The second-order valence-electron chi connectivity index (χ2n) is 8.70. The first-order valence-corrected chi connectivity index (χ1v) is 12.1. The Morgan fingerprint density at radius 2 is 1.92 bits per heavy atom. The molecule has 0 saturated carbocycles. The predicted octanol–water partition coefficient (Wildman–Crippen LogP) is 5.71. The SMILES string of the molecule is Clc1ccc2ccc(/C=C/c3cccc(CN4CCc5cccc(OCc6nn[nH]n6)c54)c3)nc2c1. The van der Waals surface area contributed by atoms with Crippen LogP contribution in [0.2, 0.25) is 5.02 Å². The number of anilines is 1. The highest BCUT2D eigenvalue weighted by atomic mass is 35.5. The van der Waals surface area contributed by atoms with Gasteiger partial charge in [0.25, 0.3) is 0 Å². The predicted molar refractivity (Wildman–Crippen MR) is 142 cm³/mol. The molecule has 6 rings (SSSR count). The molecule has 2 aromatic heterocycles. The van der Waals surface area contributed by atoms with E-state index in [0.29, 0.717) is 10.8 Å². The topological polar surface area (TPSA) is 79.8 Å². The number of aromatic nitrogens is 5. The molecule has 0 fully saturated rings. The number of tetrazole rings is 1. The van der Waals surface area contributed by atoms with E-state index in [1.807, 2.05) is 42.5 Å². The molecule has 1 N–H and O–H groups in total. The van der Waals surface area contributed by atoms with Crippen LogP contribution in [-0.2, 0) is 19.6 Å². The zero-order valence-electron chi connectivity index (χ0n) is 19.4. The highest BCUT2D eigenvalue weighted by Crippen LogP contribution is 2.38. The lowest BCUT2D eigenvalue weighted by atomic mass is 10.1. The van der Waals surface area contributed by atoms with Gasteiger partial charge in [-0.1, -0.05) is 65.4 Å². The Labute approximate surface area is 213 Å². The number of H-pyrrole nitrogens is 1. The van der Waals surface area contributed by atoms with Gasteiger partial charge in [0, 0.05) is 23.5 Å². The number of nitrogens with zero attached hydrogens (tertiary/aromatic N) is 5. The summed E-state index contributed by atoms with van der Waals surface area (Å²) in [5, 5.41) is 15.8. The van der Waals surface area contributed by atoms with E-state index in [4.69, 9.17) is 21.3 Å². The van der Waals surface area contributed by atoms with Gasteiger partial charge in [0.15, 0.2) is 6.61 Å². The molecular weight excluding hydrogens is 472 g/mol. The van der Waals surface area contributed by atoms with E-state index in [-0.39, 0.29) is 6.61 Å². The number of rotatable bonds is 7. The molecule has 0 bridgehead atoms. The van der Waals surface area contributed by atoms with Crippen molar-refractivity contribution < 1.29 is 4.74 Å². The maximum absolute atomic E-state index is 6.13. The maximum Gasteiger partial charge on any atom is 0.211 e. The van der Waals surface area contributed by atoms with E-state index in [1.54, 1.807) is 0 Å². The average Bonchev–Trinajstić information content (AvgIpc) is 3.57. The van der Waals surface area contributed by atoms with Crippen LogP contribution in [-0.4, -0.2) is 32.2 Å². The van der Waals surface area contributed by atoms with E-state index in [9.17, 15) is 0 Å². The lowest BCUT2D eigenvalue weighted by Crippen LogP contribution is -2.20. The minimum Gasteiger partial charge on any atom is -0.483 e. The standard InChI is InChI=1S/C28H23ClN6O/c29-23-10-8-21-9-12-24(30-25(21)16-23)11-7-19-3-1-4-20(15-19)17-35-14-13-22-5-2-6-26(28(22)35)36-18-27-31-33-34-32-27/h1-12,15-16H,13-14,17-18H2,(H,31,32,33,34)/b11-7+. The zero-order chi connectivity index (χ0) is 24.3. The Morgan fingerprint density at radius 1 is 1.00 bits per heavy atom. The second-order valence-corrected chi connectivity index (χ2v) is 9.14.